The van der Waals surface area contributed by atoms with Crippen LogP contribution in [0.3, 0.4) is 0 Å². The molecule has 2 heterocycles. The van der Waals surface area contributed by atoms with Gasteiger partial charge in [0.25, 0.3) is 0 Å². The smallest absolute Gasteiger partial charge is 0.233 e. The second kappa shape index (κ2) is 10.0. The molecule has 33 heavy (non-hydrogen) atoms. The van der Waals surface area contributed by atoms with E-state index >= 15 is 0 Å². The molecule has 0 spiro atoms. The molecular weight excluding hydrogens is 458 g/mol. The summed E-state index contributed by atoms with van der Waals surface area (Å²) in [5, 5.41) is 0.686. The molecule has 0 saturated carbocycles. The lowest BCUT2D eigenvalue weighted by molar-refractivity contribution is -0.129. The van der Waals surface area contributed by atoms with Crippen molar-refractivity contribution in [2.45, 2.75) is 24.5 Å². The lowest BCUT2D eigenvalue weighted by Crippen LogP contribution is -2.42. The van der Waals surface area contributed by atoms with Crippen molar-refractivity contribution in [2.24, 2.45) is 0 Å². The number of imidazole rings is 1. The SMILES string of the molecule is CCN(C(=O)CSc1ncc(-c2ccccc2)n1-c1cccc(OC)c1)[C@H]1CCS(=O)(=O)C1. The highest BCUT2D eigenvalue weighted by molar-refractivity contribution is 7.99. The lowest BCUT2D eigenvalue weighted by Gasteiger charge is -2.26. The lowest BCUT2D eigenvalue weighted by atomic mass is 10.1. The Bertz CT molecular complexity index is 1230. The van der Waals surface area contributed by atoms with Gasteiger partial charge in [0.15, 0.2) is 15.0 Å². The van der Waals surface area contributed by atoms with Crippen LogP contribution in [0, 0.1) is 0 Å². The Labute approximate surface area is 198 Å². The average molecular weight is 486 g/mol. The zero-order valence-corrected chi connectivity index (χ0v) is 20.3. The van der Waals surface area contributed by atoms with Gasteiger partial charge in [-0.1, -0.05) is 48.2 Å². The number of hydrogen-bond donors (Lipinski definition) is 0. The second-order valence-corrected chi connectivity index (χ2v) is 11.0. The summed E-state index contributed by atoms with van der Waals surface area (Å²) in [7, 11) is -1.43. The van der Waals surface area contributed by atoms with Gasteiger partial charge in [-0.2, -0.15) is 0 Å². The number of hydrogen-bond acceptors (Lipinski definition) is 6. The molecule has 0 aliphatic carbocycles. The maximum atomic E-state index is 13.0. The number of amides is 1. The molecule has 1 aromatic heterocycles. The number of ether oxygens (including phenoxy) is 1. The van der Waals surface area contributed by atoms with Gasteiger partial charge < -0.3 is 9.64 Å². The standard InChI is InChI=1S/C24H27N3O4S2/c1-3-26(20-12-13-33(29,30)17-20)23(28)16-32-24-25-15-22(18-8-5-4-6-9-18)27(24)19-10-7-11-21(14-19)31-2/h4-11,14-15,20H,3,12-13,16-17H2,1-2H3/t20-/m0/s1. The van der Waals surface area contributed by atoms with E-state index in [4.69, 9.17) is 4.74 Å². The van der Waals surface area contributed by atoms with Crippen LogP contribution in [-0.2, 0) is 14.6 Å². The minimum Gasteiger partial charge on any atom is -0.497 e. The third-order valence-corrected chi connectivity index (χ3v) is 8.43. The molecule has 1 aliphatic heterocycles. The van der Waals surface area contributed by atoms with E-state index in [0.717, 1.165) is 22.7 Å². The number of sulfone groups is 1. The molecule has 9 heteroatoms. The van der Waals surface area contributed by atoms with Crippen LogP contribution in [0.5, 0.6) is 5.75 Å². The molecule has 3 aromatic rings. The Balaban J connectivity index is 1.61. The Kier molecular flexibility index (Phi) is 7.09. The Morgan fingerprint density at radius 1 is 1.21 bits per heavy atom. The molecule has 1 amide bonds. The van der Waals surface area contributed by atoms with Crippen LogP contribution >= 0.6 is 11.8 Å². The van der Waals surface area contributed by atoms with Gasteiger partial charge in [-0.25, -0.2) is 13.4 Å². The number of aromatic nitrogens is 2. The van der Waals surface area contributed by atoms with Crippen LogP contribution < -0.4 is 4.74 Å². The summed E-state index contributed by atoms with van der Waals surface area (Å²) >= 11 is 1.35. The van der Waals surface area contributed by atoms with Crippen LogP contribution in [0.4, 0.5) is 0 Å². The highest BCUT2D eigenvalue weighted by Gasteiger charge is 2.34. The van der Waals surface area contributed by atoms with Crippen LogP contribution in [0.15, 0.2) is 66.0 Å². The van der Waals surface area contributed by atoms with Gasteiger partial charge in [0.05, 0.1) is 41.9 Å². The van der Waals surface area contributed by atoms with Gasteiger partial charge >= 0.3 is 0 Å². The van der Waals surface area contributed by atoms with E-state index in [1.807, 2.05) is 72.3 Å². The number of carbonyl (C=O) groups is 1. The molecule has 0 N–H and O–H groups in total. The van der Waals surface area contributed by atoms with Crippen molar-refractivity contribution in [1.29, 1.82) is 0 Å². The Hall–Kier alpha value is -2.78. The number of rotatable bonds is 8. The summed E-state index contributed by atoms with van der Waals surface area (Å²) in [6.45, 7) is 2.37. The van der Waals surface area contributed by atoms with E-state index in [-0.39, 0.29) is 29.2 Å². The van der Waals surface area contributed by atoms with Crippen LogP contribution in [0.2, 0.25) is 0 Å². The summed E-state index contributed by atoms with van der Waals surface area (Å²) in [5.74, 6) is 1.03. The number of thioether (sulfide) groups is 1. The normalized spacial score (nSPS) is 17.1. The fraction of sp³-hybridized carbons (Fsp3) is 0.333. The van der Waals surface area contributed by atoms with Gasteiger partial charge in [0, 0.05) is 24.2 Å². The molecule has 0 bridgehead atoms. The third kappa shape index (κ3) is 5.25. The molecule has 1 saturated heterocycles. The fourth-order valence-electron chi connectivity index (χ4n) is 4.12. The molecule has 2 aromatic carbocycles. The summed E-state index contributed by atoms with van der Waals surface area (Å²) < 4.78 is 31.2. The van der Waals surface area contributed by atoms with Crippen LogP contribution in [0.25, 0.3) is 16.9 Å². The largest absolute Gasteiger partial charge is 0.497 e. The minimum atomic E-state index is -3.06. The molecule has 7 nitrogen and oxygen atoms in total. The highest BCUT2D eigenvalue weighted by atomic mass is 32.2. The monoisotopic (exact) mass is 485 g/mol. The summed E-state index contributed by atoms with van der Waals surface area (Å²) in [4.78, 5) is 19.3. The number of nitrogens with zero attached hydrogens (tertiary/aromatic N) is 3. The topological polar surface area (TPSA) is 81.5 Å². The van der Waals surface area contributed by atoms with Gasteiger partial charge in [0.1, 0.15) is 5.75 Å². The zero-order chi connectivity index (χ0) is 23.4. The molecule has 0 radical (unpaired) electrons. The van der Waals surface area contributed by atoms with E-state index in [2.05, 4.69) is 4.98 Å². The van der Waals surface area contributed by atoms with Gasteiger partial charge in [0.2, 0.25) is 5.91 Å². The molecule has 1 fully saturated rings. The van der Waals surface area contributed by atoms with Gasteiger partial charge in [-0.05, 0) is 25.5 Å². The predicted molar refractivity (Wildman–Crippen MR) is 131 cm³/mol. The number of benzene rings is 2. The summed E-state index contributed by atoms with van der Waals surface area (Å²) in [6, 6.07) is 17.4. The van der Waals surface area contributed by atoms with Crippen molar-refractivity contribution in [1.82, 2.24) is 14.5 Å². The van der Waals surface area contributed by atoms with Crippen molar-refractivity contribution >= 4 is 27.5 Å². The average Bonchev–Trinajstić information content (AvgIpc) is 3.41. The highest BCUT2D eigenvalue weighted by Crippen LogP contribution is 2.31. The quantitative estimate of drug-likeness (QED) is 0.453. The van der Waals surface area contributed by atoms with Crippen LogP contribution in [-0.4, -0.2) is 65.7 Å². The van der Waals surface area contributed by atoms with E-state index in [0.29, 0.717) is 18.1 Å². The van der Waals surface area contributed by atoms with Crippen molar-refractivity contribution in [3.8, 4) is 22.7 Å². The molecular formula is C24H27N3O4S2. The molecule has 1 aliphatic rings. The molecule has 4 rings (SSSR count). The van der Waals surface area contributed by atoms with Crippen molar-refractivity contribution < 1.29 is 17.9 Å². The maximum absolute atomic E-state index is 13.0. The molecule has 0 unspecified atom stereocenters. The Morgan fingerprint density at radius 2 is 2.00 bits per heavy atom. The van der Waals surface area contributed by atoms with Crippen molar-refractivity contribution in [3.63, 3.8) is 0 Å². The first-order valence-electron chi connectivity index (χ1n) is 10.8. The molecule has 174 valence electrons. The van der Waals surface area contributed by atoms with E-state index < -0.39 is 9.84 Å². The first kappa shape index (κ1) is 23.4. The number of carbonyl (C=O) groups excluding carboxylic acids is 1. The van der Waals surface area contributed by atoms with Crippen molar-refractivity contribution in [2.75, 3.05) is 30.9 Å². The van der Waals surface area contributed by atoms with E-state index in [1.165, 1.54) is 11.8 Å². The summed E-state index contributed by atoms with van der Waals surface area (Å²) in [6.07, 6.45) is 2.31. The first-order valence-corrected chi connectivity index (χ1v) is 13.6. The first-order chi connectivity index (χ1) is 15.9. The predicted octanol–water partition coefficient (Wildman–Crippen LogP) is 3.68. The molecule has 1 atom stereocenters. The fourth-order valence-corrected chi connectivity index (χ4v) is 6.73. The maximum Gasteiger partial charge on any atom is 0.233 e. The van der Waals surface area contributed by atoms with E-state index in [9.17, 15) is 13.2 Å². The van der Waals surface area contributed by atoms with Gasteiger partial charge in [-0.15, -0.1) is 0 Å². The third-order valence-electron chi connectivity index (χ3n) is 5.75. The van der Waals surface area contributed by atoms with Crippen molar-refractivity contribution in [3.05, 3.63) is 60.8 Å². The minimum absolute atomic E-state index is 0.0494. The number of methoxy groups -OCH3 is 1. The second-order valence-electron chi connectivity index (χ2n) is 7.85. The Morgan fingerprint density at radius 3 is 2.67 bits per heavy atom. The summed E-state index contributed by atoms with van der Waals surface area (Å²) in [5.41, 5.74) is 2.81. The van der Waals surface area contributed by atoms with Crippen LogP contribution in [0.1, 0.15) is 13.3 Å². The van der Waals surface area contributed by atoms with Gasteiger partial charge in [-0.3, -0.25) is 9.36 Å². The van der Waals surface area contributed by atoms with E-state index in [1.54, 1.807) is 12.0 Å². The zero-order valence-electron chi connectivity index (χ0n) is 18.7.